The first-order chi connectivity index (χ1) is 13.6. The molecule has 2 heterocycles. The number of nitrogens with two attached hydrogens (primary N) is 1. The van der Waals surface area contributed by atoms with Crippen LogP contribution in [0.2, 0.25) is 0 Å². The van der Waals surface area contributed by atoms with Crippen molar-refractivity contribution in [3.05, 3.63) is 41.6 Å². The van der Waals surface area contributed by atoms with Gasteiger partial charge in [-0.05, 0) is 37.0 Å². The van der Waals surface area contributed by atoms with Crippen LogP contribution in [0.25, 0.3) is 0 Å². The minimum Gasteiger partial charge on any atom is -0.449 e. The first-order valence-electron chi connectivity index (χ1n) is 9.29. The Morgan fingerprint density at radius 3 is 2.75 bits per heavy atom. The fourth-order valence-electron chi connectivity index (χ4n) is 2.94. The van der Waals surface area contributed by atoms with Crippen LogP contribution in [0.4, 0.5) is 22.2 Å². The maximum atomic E-state index is 11.7. The van der Waals surface area contributed by atoms with E-state index in [2.05, 4.69) is 20.6 Å². The molecule has 2 aliphatic rings. The first kappa shape index (κ1) is 18.0. The van der Waals surface area contributed by atoms with Gasteiger partial charge in [-0.2, -0.15) is 4.98 Å². The van der Waals surface area contributed by atoms with Crippen molar-refractivity contribution in [3.8, 4) is 0 Å². The standard InChI is InChI=1S/C19H22N6O3/c20-16(26)15-10-21-18(24-17(15)22-13-6-7-13)23-14-4-2-12(3-5-14)11-25-8-1-9-28-19(25)27/h2-5,10,13H,1,6-9,11H2,(H2,20,26)(H2,21,22,23,24). The lowest BCUT2D eigenvalue weighted by atomic mass is 10.2. The zero-order chi connectivity index (χ0) is 19.5. The van der Waals surface area contributed by atoms with Gasteiger partial charge in [-0.25, -0.2) is 9.78 Å². The molecule has 0 atom stereocenters. The van der Waals surface area contributed by atoms with E-state index >= 15 is 0 Å². The van der Waals surface area contributed by atoms with Gasteiger partial charge in [0, 0.05) is 31.0 Å². The number of anilines is 3. The second kappa shape index (κ2) is 7.71. The number of nitrogens with one attached hydrogen (secondary N) is 2. The highest BCUT2D eigenvalue weighted by Gasteiger charge is 2.24. The molecule has 2 amide bonds. The number of primary amides is 1. The minimum absolute atomic E-state index is 0.271. The highest BCUT2D eigenvalue weighted by atomic mass is 16.6. The van der Waals surface area contributed by atoms with Gasteiger partial charge in [0.05, 0.1) is 12.2 Å². The largest absolute Gasteiger partial charge is 0.449 e. The molecule has 0 unspecified atom stereocenters. The van der Waals surface area contributed by atoms with E-state index in [1.807, 2.05) is 24.3 Å². The monoisotopic (exact) mass is 382 g/mol. The van der Waals surface area contributed by atoms with Crippen molar-refractivity contribution >= 4 is 29.5 Å². The lowest BCUT2D eigenvalue weighted by Gasteiger charge is -2.26. The van der Waals surface area contributed by atoms with Crippen LogP contribution in [0.3, 0.4) is 0 Å². The Bertz CT molecular complexity index is 882. The Kier molecular flexibility index (Phi) is 4.96. The second-order valence-electron chi connectivity index (χ2n) is 6.95. The summed E-state index contributed by atoms with van der Waals surface area (Å²) in [7, 11) is 0. The Balaban J connectivity index is 1.43. The number of ether oxygens (including phenoxy) is 1. The van der Waals surface area contributed by atoms with Crippen LogP contribution in [0.5, 0.6) is 0 Å². The zero-order valence-electron chi connectivity index (χ0n) is 15.4. The summed E-state index contributed by atoms with van der Waals surface area (Å²) in [6.07, 6.45) is 4.11. The van der Waals surface area contributed by atoms with Gasteiger partial charge in [0.15, 0.2) is 0 Å². The van der Waals surface area contributed by atoms with E-state index in [1.165, 1.54) is 6.20 Å². The maximum absolute atomic E-state index is 11.7. The van der Waals surface area contributed by atoms with E-state index in [-0.39, 0.29) is 11.7 Å². The molecule has 4 N–H and O–H groups in total. The van der Waals surface area contributed by atoms with Gasteiger partial charge in [-0.15, -0.1) is 0 Å². The molecule has 0 bridgehead atoms. The number of rotatable bonds is 7. The Hall–Kier alpha value is -3.36. The topological polar surface area (TPSA) is 122 Å². The number of cyclic esters (lactones) is 1. The quantitative estimate of drug-likeness (QED) is 0.671. The van der Waals surface area contributed by atoms with E-state index in [0.29, 0.717) is 37.5 Å². The molecule has 0 radical (unpaired) electrons. The number of carbonyl (C=O) groups is 2. The molecule has 1 aromatic carbocycles. The van der Waals surface area contributed by atoms with Crippen LogP contribution in [-0.4, -0.2) is 46.1 Å². The van der Waals surface area contributed by atoms with Crippen molar-refractivity contribution in [1.82, 2.24) is 14.9 Å². The van der Waals surface area contributed by atoms with Crippen LogP contribution >= 0.6 is 0 Å². The molecule has 1 saturated heterocycles. The van der Waals surface area contributed by atoms with E-state index in [4.69, 9.17) is 10.5 Å². The van der Waals surface area contributed by atoms with Crippen molar-refractivity contribution < 1.29 is 14.3 Å². The molecule has 1 aromatic heterocycles. The number of aromatic nitrogens is 2. The molecular weight excluding hydrogens is 360 g/mol. The highest BCUT2D eigenvalue weighted by molar-refractivity contribution is 5.97. The summed E-state index contributed by atoms with van der Waals surface area (Å²) in [5.41, 5.74) is 7.48. The minimum atomic E-state index is -0.560. The molecule has 2 aromatic rings. The van der Waals surface area contributed by atoms with Crippen molar-refractivity contribution in [2.75, 3.05) is 23.8 Å². The Labute approximate surface area is 162 Å². The number of amides is 2. The molecule has 1 saturated carbocycles. The summed E-state index contributed by atoms with van der Waals surface area (Å²) in [6, 6.07) is 7.99. The van der Waals surface area contributed by atoms with Crippen LogP contribution < -0.4 is 16.4 Å². The third kappa shape index (κ3) is 4.30. The molecule has 9 heteroatoms. The second-order valence-corrected chi connectivity index (χ2v) is 6.95. The van der Waals surface area contributed by atoms with Crippen LogP contribution in [0, 0.1) is 0 Å². The maximum Gasteiger partial charge on any atom is 0.410 e. The number of hydrogen-bond donors (Lipinski definition) is 3. The van der Waals surface area contributed by atoms with Gasteiger partial charge in [0.2, 0.25) is 5.95 Å². The molecule has 146 valence electrons. The smallest absolute Gasteiger partial charge is 0.410 e. The van der Waals surface area contributed by atoms with Gasteiger partial charge in [0.1, 0.15) is 5.82 Å². The summed E-state index contributed by atoms with van der Waals surface area (Å²) in [5, 5.41) is 6.33. The van der Waals surface area contributed by atoms with Crippen molar-refractivity contribution in [3.63, 3.8) is 0 Å². The van der Waals surface area contributed by atoms with E-state index in [1.54, 1.807) is 4.90 Å². The first-order valence-corrected chi connectivity index (χ1v) is 9.29. The lowest BCUT2D eigenvalue weighted by molar-refractivity contribution is 0.0700. The molecule has 28 heavy (non-hydrogen) atoms. The number of hydrogen-bond acceptors (Lipinski definition) is 7. The molecule has 1 aliphatic heterocycles. The predicted molar refractivity (Wildman–Crippen MR) is 103 cm³/mol. The summed E-state index contributed by atoms with van der Waals surface area (Å²) >= 11 is 0. The number of nitrogens with zero attached hydrogens (tertiary/aromatic N) is 3. The fourth-order valence-corrected chi connectivity index (χ4v) is 2.94. The summed E-state index contributed by atoms with van der Waals surface area (Å²) in [5.74, 6) is 0.267. The van der Waals surface area contributed by atoms with E-state index in [0.717, 1.165) is 30.5 Å². The van der Waals surface area contributed by atoms with E-state index in [9.17, 15) is 9.59 Å². The van der Waals surface area contributed by atoms with Gasteiger partial charge in [-0.3, -0.25) is 4.79 Å². The SMILES string of the molecule is NC(=O)c1cnc(Nc2ccc(CN3CCCOC3=O)cc2)nc1NC1CC1. The van der Waals surface area contributed by atoms with Crippen molar-refractivity contribution in [1.29, 1.82) is 0 Å². The number of benzene rings is 1. The summed E-state index contributed by atoms with van der Waals surface area (Å²) < 4.78 is 5.05. The van der Waals surface area contributed by atoms with Gasteiger partial charge < -0.3 is 26.0 Å². The van der Waals surface area contributed by atoms with Crippen LogP contribution in [0.15, 0.2) is 30.5 Å². The molecular formula is C19H22N6O3. The van der Waals surface area contributed by atoms with E-state index < -0.39 is 5.91 Å². The zero-order valence-corrected chi connectivity index (χ0v) is 15.4. The molecule has 1 aliphatic carbocycles. The fraction of sp³-hybridized carbons (Fsp3) is 0.368. The molecule has 9 nitrogen and oxygen atoms in total. The summed E-state index contributed by atoms with van der Waals surface area (Å²) in [6.45, 7) is 1.71. The predicted octanol–water partition coefficient (Wildman–Crippen LogP) is 2.24. The molecule has 0 spiro atoms. The average molecular weight is 382 g/mol. The van der Waals surface area contributed by atoms with Gasteiger partial charge >= 0.3 is 6.09 Å². The van der Waals surface area contributed by atoms with Crippen LogP contribution in [-0.2, 0) is 11.3 Å². The van der Waals surface area contributed by atoms with Crippen molar-refractivity contribution in [2.45, 2.75) is 31.8 Å². The normalized spacial score (nSPS) is 16.4. The lowest BCUT2D eigenvalue weighted by Crippen LogP contribution is -2.37. The van der Waals surface area contributed by atoms with Gasteiger partial charge in [0.25, 0.3) is 5.91 Å². The molecule has 2 fully saturated rings. The third-order valence-electron chi connectivity index (χ3n) is 4.61. The Morgan fingerprint density at radius 2 is 2.07 bits per heavy atom. The molecule has 4 rings (SSSR count). The summed E-state index contributed by atoms with van der Waals surface area (Å²) in [4.78, 5) is 33.5. The highest BCUT2D eigenvalue weighted by Crippen LogP contribution is 2.26. The number of carbonyl (C=O) groups excluding carboxylic acids is 2. The van der Waals surface area contributed by atoms with Crippen LogP contribution in [0.1, 0.15) is 35.2 Å². The average Bonchev–Trinajstić information content (AvgIpc) is 3.49. The Morgan fingerprint density at radius 1 is 1.29 bits per heavy atom. The van der Waals surface area contributed by atoms with Crippen molar-refractivity contribution in [2.24, 2.45) is 5.73 Å². The van der Waals surface area contributed by atoms with Gasteiger partial charge in [-0.1, -0.05) is 12.1 Å². The third-order valence-corrected chi connectivity index (χ3v) is 4.61.